The van der Waals surface area contributed by atoms with Gasteiger partial charge in [-0.25, -0.2) is 18.4 Å². The van der Waals surface area contributed by atoms with Crippen molar-refractivity contribution in [3.63, 3.8) is 0 Å². The van der Waals surface area contributed by atoms with Gasteiger partial charge in [0.05, 0.1) is 17.1 Å². The number of fused-ring (bicyclic) bond motifs is 2. The molecule has 3 aliphatic rings. The summed E-state index contributed by atoms with van der Waals surface area (Å²) >= 11 is 0. The first-order valence-corrected chi connectivity index (χ1v) is 11.1. The van der Waals surface area contributed by atoms with E-state index in [1.54, 1.807) is 0 Å². The highest BCUT2D eigenvalue weighted by Crippen LogP contribution is 2.45. The summed E-state index contributed by atoms with van der Waals surface area (Å²) in [6, 6.07) is 0.0636. The van der Waals surface area contributed by atoms with Crippen LogP contribution in [0.1, 0.15) is 49.2 Å². The Labute approximate surface area is 168 Å². The van der Waals surface area contributed by atoms with Crippen molar-refractivity contribution in [2.45, 2.75) is 45.3 Å². The third-order valence-corrected chi connectivity index (χ3v) is 7.58. The van der Waals surface area contributed by atoms with Gasteiger partial charge in [-0.05, 0) is 31.1 Å². The van der Waals surface area contributed by atoms with Crippen LogP contribution in [0.3, 0.4) is 0 Å². The lowest BCUT2D eigenvalue weighted by Crippen LogP contribution is -2.44. The van der Waals surface area contributed by atoms with Gasteiger partial charge in [0.1, 0.15) is 0 Å². The van der Waals surface area contributed by atoms with E-state index < -0.39 is 33.2 Å². The van der Waals surface area contributed by atoms with Crippen LogP contribution < -0.4 is 5.32 Å². The van der Waals surface area contributed by atoms with E-state index in [9.17, 15) is 26.4 Å². The first-order chi connectivity index (χ1) is 13.1. The molecule has 3 fully saturated rings. The molecule has 0 aromatic carbocycles. The van der Waals surface area contributed by atoms with Crippen molar-refractivity contribution >= 4 is 21.7 Å². The number of hydrogen-bond acceptors (Lipinski definition) is 6. The number of sulfone groups is 1. The Morgan fingerprint density at radius 2 is 1.86 bits per heavy atom. The third-order valence-electron chi connectivity index (χ3n) is 5.97. The second-order valence-electron chi connectivity index (χ2n) is 7.82. The smallest absolute Gasteiger partial charge is 0.351 e. The van der Waals surface area contributed by atoms with Crippen molar-refractivity contribution in [1.82, 2.24) is 14.9 Å². The summed E-state index contributed by atoms with van der Waals surface area (Å²) in [7, 11) is -3.25. The van der Waals surface area contributed by atoms with Gasteiger partial charge in [-0.1, -0.05) is 13.8 Å². The highest BCUT2D eigenvalue weighted by Gasteiger charge is 2.42. The average molecular weight is 434 g/mol. The minimum atomic E-state index is -4.82. The Bertz CT molecular complexity index is 877. The molecular formula is C18H25F3N4O3S. The van der Waals surface area contributed by atoms with Crippen LogP contribution in [0.15, 0.2) is 6.20 Å². The summed E-state index contributed by atoms with van der Waals surface area (Å²) in [6.07, 6.45) is 0.285. The molecule has 162 valence electrons. The topological polar surface area (TPSA) is 92.3 Å². The second-order valence-corrected chi connectivity index (χ2v) is 10.1. The molecule has 7 nitrogen and oxygen atoms in total. The maximum atomic E-state index is 13.6. The molecule has 1 amide bonds. The van der Waals surface area contributed by atoms with Crippen molar-refractivity contribution in [2.75, 3.05) is 29.9 Å². The Hall–Kier alpha value is -1.91. The first-order valence-electron chi connectivity index (χ1n) is 9.33. The van der Waals surface area contributed by atoms with Gasteiger partial charge < -0.3 is 10.2 Å². The third kappa shape index (κ3) is 4.49. The average Bonchev–Trinajstić information content (AvgIpc) is 3.23. The van der Waals surface area contributed by atoms with Gasteiger partial charge in [-0.3, -0.25) is 4.79 Å². The molecule has 1 aliphatic heterocycles. The molecule has 0 unspecified atom stereocenters. The quantitative estimate of drug-likeness (QED) is 0.786. The molecule has 0 spiro atoms. The van der Waals surface area contributed by atoms with E-state index in [4.69, 9.17) is 0 Å². The van der Waals surface area contributed by atoms with E-state index in [1.165, 1.54) is 0 Å². The van der Waals surface area contributed by atoms with E-state index in [0.717, 1.165) is 36.8 Å². The largest absolute Gasteiger partial charge is 0.434 e. The lowest BCUT2D eigenvalue weighted by Gasteiger charge is -2.27. The fraction of sp³-hybridized carbons (Fsp3) is 0.722. The fourth-order valence-electron chi connectivity index (χ4n) is 4.50. The van der Waals surface area contributed by atoms with E-state index in [-0.39, 0.29) is 44.0 Å². The molecule has 11 heteroatoms. The van der Waals surface area contributed by atoms with E-state index in [0.29, 0.717) is 11.8 Å². The number of halogens is 3. The van der Waals surface area contributed by atoms with Crippen LogP contribution in [0.5, 0.6) is 0 Å². The highest BCUT2D eigenvalue weighted by molar-refractivity contribution is 7.91. The van der Waals surface area contributed by atoms with Crippen LogP contribution in [0.4, 0.5) is 19.1 Å². The van der Waals surface area contributed by atoms with Gasteiger partial charge in [0.25, 0.3) is 5.91 Å². The van der Waals surface area contributed by atoms with E-state index in [1.807, 2.05) is 0 Å². The van der Waals surface area contributed by atoms with Gasteiger partial charge in [0.15, 0.2) is 15.5 Å². The number of carbonyl (C=O) groups is 1. The maximum absolute atomic E-state index is 13.6. The number of nitrogens with zero attached hydrogens (tertiary/aromatic N) is 3. The molecule has 4 rings (SSSR count). The molecule has 2 bridgehead atoms. The fourth-order valence-corrected chi connectivity index (χ4v) is 5.70. The summed E-state index contributed by atoms with van der Waals surface area (Å²) in [5.74, 6) is -0.493. The minimum Gasteiger partial charge on any atom is -0.351 e. The Morgan fingerprint density at radius 1 is 1.17 bits per heavy atom. The molecule has 2 aliphatic carbocycles. The summed E-state index contributed by atoms with van der Waals surface area (Å²) in [6.45, 7) is -0.271. The predicted octanol–water partition coefficient (Wildman–Crippen LogP) is 2.60. The number of carbonyl (C=O) groups excluding carboxylic acids is 1. The number of amides is 1. The normalized spacial score (nSPS) is 28.1. The van der Waals surface area contributed by atoms with Crippen LogP contribution >= 0.6 is 0 Å². The number of hydrogen-bond donors (Lipinski definition) is 1. The van der Waals surface area contributed by atoms with E-state index in [2.05, 4.69) is 15.3 Å². The summed E-state index contributed by atoms with van der Waals surface area (Å²) < 4.78 is 63.7. The van der Waals surface area contributed by atoms with Gasteiger partial charge in [-0.2, -0.15) is 13.2 Å². The van der Waals surface area contributed by atoms with Crippen LogP contribution in [-0.2, 0) is 16.0 Å². The van der Waals surface area contributed by atoms with Crippen LogP contribution in [-0.4, -0.2) is 59.8 Å². The Balaban J connectivity index is 0.00000240. The number of anilines is 1. The number of aromatic nitrogens is 2. The standard InChI is InChI=1S/C17H21F3N4O3S.CH4/c18-17(19,20)14-12(15(25)24-3-5-28(26,27)6-4-24)9-21-16(23-14)22-13-8-10-1-2-11(13)7-10;/h9-11,13H,1-8H2,(H,21,22,23);1H4/t10-,11+,13-;/m1./s1. The van der Waals surface area contributed by atoms with Crippen molar-refractivity contribution in [2.24, 2.45) is 11.8 Å². The van der Waals surface area contributed by atoms with Crippen molar-refractivity contribution in [1.29, 1.82) is 0 Å². The van der Waals surface area contributed by atoms with Crippen molar-refractivity contribution < 1.29 is 26.4 Å². The Morgan fingerprint density at radius 3 is 2.41 bits per heavy atom. The molecule has 1 aromatic rings. The summed E-state index contributed by atoms with van der Waals surface area (Å²) in [4.78, 5) is 21.3. The summed E-state index contributed by atoms with van der Waals surface area (Å²) in [5, 5.41) is 3.01. The monoisotopic (exact) mass is 434 g/mol. The SMILES string of the molecule is C.O=C(c1cnc(N[C@@H]2C[C@@H]3CC[C@H]2C3)nc1C(F)(F)F)N1CCS(=O)(=O)CC1. The van der Waals surface area contributed by atoms with Crippen molar-refractivity contribution in [3.05, 3.63) is 17.5 Å². The number of rotatable bonds is 3. The molecule has 2 saturated carbocycles. The summed E-state index contributed by atoms with van der Waals surface area (Å²) in [5.41, 5.74) is -1.93. The van der Waals surface area contributed by atoms with E-state index >= 15 is 0 Å². The minimum absolute atomic E-state index is 0. The zero-order valence-electron chi connectivity index (χ0n) is 15.1. The number of alkyl halides is 3. The lowest BCUT2D eigenvalue weighted by atomic mass is 9.95. The zero-order chi connectivity index (χ0) is 20.1. The van der Waals surface area contributed by atoms with Crippen LogP contribution in [0, 0.1) is 11.8 Å². The molecule has 29 heavy (non-hydrogen) atoms. The molecule has 0 radical (unpaired) electrons. The highest BCUT2D eigenvalue weighted by atomic mass is 32.2. The molecule has 1 aromatic heterocycles. The molecule has 2 heterocycles. The van der Waals surface area contributed by atoms with Crippen LogP contribution in [0.25, 0.3) is 0 Å². The van der Waals surface area contributed by atoms with Gasteiger partial charge >= 0.3 is 6.18 Å². The second kappa shape index (κ2) is 7.73. The lowest BCUT2D eigenvalue weighted by molar-refractivity contribution is -0.141. The van der Waals surface area contributed by atoms with Gasteiger partial charge in [-0.15, -0.1) is 0 Å². The van der Waals surface area contributed by atoms with Gasteiger partial charge in [0.2, 0.25) is 5.95 Å². The van der Waals surface area contributed by atoms with Gasteiger partial charge in [0, 0.05) is 25.3 Å². The molecule has 1 saturated heterocycles. The predicted molar refractivity (Wildman–Crippen MR) is 101 cm³/mol. The molecular weight excluding hydrogens is 409 g/mol. The number of nitrogens with one attached hydrogen (secondary N) is 1. The Kier molecular flexibility index (Phi) is 5.81. The van der Waals surface area contributed by atoms with Crippen LogP contribution in [0.2, 0.25) is 0 Å². The zero-order valence-corrected chi connectivity index (χ0v) is 15.9. The first kappa shape index (κ1) is 21.8. The maximum Gasteiger partial charge on any atom is 0.434 e. The molecule has 1 N–H and O–H groups in total. The van der Waals surface area contributed by atoms with Crippen molar-refractivity contribution in [3.8, 4) is 0 Å². The molecule has 3 atom stereocenters.